The number of ether oxygens (including phenoxy) is 2. The van der Waals surface area contributed by atoms with Crippen LogP contribution in [0.5, 0.6) is 11.5 Å². The Labute approximate surface area is 205 Å². The SMILES string of the molecule is COc1ccc([C@@]23Oc4cc(C)cc(C)c4[C@]2(O)[C@H](O)[C@H](C(=O)N(C)C)[C@H]3c2ccccc2)cc1. The van der Waals surface area contributed by atoms with Crippen molar-refractivity contribution < 1.29 is 24.5 Å². The predicted octanol–water partition coefficient (Wildman–Crippen LogP) is 3.65. The van der Waals surface area contributed by atoms with Crippen LogP contribution in [0.1, 0.15) is 33.7 Å². The largest absolute Gasteiger partial charge is 0.497 e. The Bertz CT molecular complexity index is 1270. The summed E-state index contributed by atoms with van der Waals surface area (Å²) in [6.07, 6.45) is -1.41. The number of hydrogen-bond donors (Lipinski definition) is 2. The van der Waals surface area contributed by atoms with Gasteiger partial charge in [-0.05, 0) is 54.3 Å². The molecule has 1 heterocycles. The average Bonchev–Trinajstić information content (AvgIpc) is 3.21. The normalized spacial score (nSPS) is 28.7. The topological polar surface area (TPSA) is 79.2 Å². The van der Waals surface area contributed by atoms with Crippen LogP contribution in [0.2, 0.25) is 0 Å². The van der Waals surface area contributed by atoms with Crippen LogP contribution in [0.15, 0.2) is 66.7 Å². The van der Waals surface area contributed by atoms with Crippen LogP contribution in [0.25, 0.3) is 0 Å². The second-order valence-electron chi connectivity index (χ2n) is 9.88. The third kappa shape index (κ3) is 3.06. The highest BCUT2D eigenvalue weighted by atomic mass is 16.5. The molecule has 0 unspecified atom stereocenters. The quantitative estimate of drug-likeness (QED) is 0.605. The Balaban J connectivity index is 1.88. The third-order valence-electron chi connectivity index (χ3n) is 7.63. The monoisotopic (exact) mass is 473 g/mol. The van der Waals surface area contributed by atoms with E-state index in [1.165, 1.54) is 4.90 Å². The number of rotatable bonds is 4. The van der Waals surface area contributed by atoms with Gasteiger partial charge in [-0.1, -0.05) is 48.5 Å². The van der Waals surface area contributed by atoms with E-state index in [4.69, 9.17) is 9.47 Å². The summed E-state index contributed by atoms with van der Waals surface area (Å²) in [6.45, 7) is 3.88. The number of nitrogens with zero attached hydrogens (tertiary/aromatic N) is 1. The molecule has 5 rings (SSSR count). The van der Waals surface area contributed by atoms with E-state index in [1.807, 2.05) is 80.6 Å². The molecule has 6 nitrogen and oxygen atoms in total. The molecule has 5 atom stereocenters. The smallest absolute Gasteiger partial charge is 0.228 e. The zero-order chi connectivity index (χ0) is 25.1. The van der Waals surface area contributed by atoms with Gasteiger partial charge in [0.15, 0.2) is 11.2 Å². The van der Waals surface area contributed by atoms with E-state index in [-0.39, 0.29) is 5.91 Å². The Hall–Kier alpha value is -3.35. The molecule has 1 amide bonds. The minimum atomic E-state index is -1.87. The molecule has 2 aliphatic rings. The van der Waals surface area contributed by atoms with Gasteiger partial charge < -0.3 is 24.6 Å². The van der Waals surface area contributed by atoms with Gasteiger partial charge in [-0.25, -0.2) is 0 Å². The Morgan fingerprint density at radius 1 is 1.03 bits per heavy atom. The fraction of sp³-hybridized carbons (Fsp3) is 0.345. The standard InChI is InChI=1S/C29H31NO5/c1-17-15-18(2)24-22(16-17)35-29(20-11-13-21(34-5)14-12-20)25(19-9-7-6-8-10-19)23(27(32)30(3)4)26(31)28(24,29)33/h6-16,23,25-26,31,33H,1-5H3/t23-,25-,26-,28+,29+/m1/s1. The number of carbonyl (C=O) groups is 1. The summed E-state index contributed by atoms with van der Waals surface area (Å²) in [6, 6.07) is 20.7. The second-order valence-corrected chi connectivity index (χ2v) is 9.88. The number of amides is 1. The lowest BCUT2D eigenvalue weighted by molar-refractivity contribution is -0.156. The molecule has 1 fully saturated rings. The fourth-order valence-corrected chi connectivity index (χ4v) is 6.27. The van der Waals surface area contributed by atoms with E-state index in [0.717, 1.165) is 16.7 Å². The Morgan fingerprint density at radius 2 is 1.69 bits per heavy atom. The molecule has 1 aliphatic heterocycles. The lowest BCUT2D eigenvalue weighted by Gasteiger charge is -2.41. The maximum Gasteiger partial charge on any atom is 0.228 e. The predicted molar refractivity (Wildman–Crippen MR) is 132 cm³/mol. The number of carbonyl (C=O) groups excluding carboxylic acids is 1. The van der Waals surface area contributed by atoms with Gasteiger partial charge in [0, 0.05) is 25.6 Å². The maximum absolute atomic E-state index is 13.6. The van der Waals surface area contributed by atoms with Gasteiger partial charge in [-0.2, -0.15) is 0 Å². The molecule has 0 radical (unpaired) electrons. The summed E-state index contributed by atoms with van der Waals surface area (Å²) in [7, 11) is 4.92. The van der Waals surface area contributed by atoms with Crippen LogP contribution in [-0.4, -0.2) is 48.3 Å². The van der Waals surface area contributed by atoms with Gasteiger partial charge in [-0.15, -0.1) is 0 Å². The van der Waals surface area contributed by atoms with Crippen molar-refractivity contribution in [3.63, 3.8) is 0 Å². The molecule has 3 aromatic rings. The van der Waals surface area contributed by atoms with E-state index in [2.05, 4.69) is 0 Å². The average molecular weight is 474 g/mol. The highest BCUT2D eigenvalue weighted by molar-refractivity contribution is 5.82. The maximum atomic E-state index is 13.6. The van der Waals surface area contributed by atoms with Gasteiger partial charge in [0.05, 0.1) is 13.0 Å². The van der Waals surface area contributed by atoms with E-state index in [0.29, 0.717) is 22.6 Å². The van der Waals surface area contributed by atoms with Gasteiger partial charge >= 0.3 is 0 Å². The summed E-state index contributed by atoms with van der Waals surface area (Å²) < 4.78 is 12.2. The van der Waals surface area contributed by atoms with Crippen molar-refractivity contribution in [2.45, 2.75) is 37.1 Å². The molecule has 0 saturated heterocycles. The lowest BCUT2D eigenvalue weighted by Crippen LogP contribution is -2.52. The van der Waals surface area contributed by atoms with Crippen molar-refractivity contribution in [3.05, 3.63) is 94.5 Å². The highest BCUT2D eigenvalue weighted by Crippen LogP contribution is 2.69. The van der Waals surface area contributed by atoms with Crippen molar-refractivity contribution in [1.82, 2.24) is 4.90 Å². The van der Waals surface area contributed by atoms with Crippen molar-refractivity contribution in [2.75, 3.05) is 21.2 Å². The first kappa shape index (κ1) is 23.4. The summed E-state index contributed by atoms with van der Waals surface area (Å²) in [4.78, 5) is 15.1. The van der Waals surface area contributed by atoms with Gasteiger partial charge in [-0.3, -0.25) is 4.79 Å². The molecule has 6 heteroatoms. The van der Waals surface area contributed by atoms with Gasteiger partial charge in [0.2, 0.25) is 5.91 Å². The molecule has 0 bridgehead atoms. The zero-order valence-electron chi connectivity index (χ0n) is 20.6. The van der Waals surface area contributed by atoms with Crippen LogP contribution < -0.4 is 9.47 Å². The number of fused-ring (bicyclic) bond motifs is 3. The highest BCUT2D eigenvalue weighted by Gasteiger charge is 2.77. The van der Waals surface area contributed by atoms with Crippen molar-refractivity contribution in [1.29, 1.82) is 0 Å². The number of aliphatic hydroxyl groups excluding tert-OH is 1. The van der Waals surface area contributed by atoms with Crippen LogP contribution in [0.4, 0.5) is 0 Å². The molecule has 35 heavy (non-hydrogen) atoms. The molecule has 3 aromatic carbocycles. The van der Waals surface area contributed by atoms with Gasteiger partial charge in [0.25, 0.3) is 0 Å². The van der Waals surface area contributed by atoms with Crippen LogP contribution in [0, 0.1) is 19.8 Å². The molecule has 182 valence electrons. The second kappa shape index (κ2) is 8.11. The van der Waals surface area contributed by atoms with E-state index >= 15 is 0 Å². The molecule has 2 N–H and O–H groups in total. The number of aliphatic hydroxyl groups is 2. The van der Waals surface area contributed by atoms with Crippen molar-refractivity contribution in [3.8, 4) is 11.5 Å². The van der Waals surface area contributed by atoms with Crippen LogP contribution >= 0.6 is 0 Å². The molecule has 0 spiro atoms. The number of hydrogen-bond acceptors (Lipinski definition) is 5. The van der Waals surface area contributed by atoms with E-state index < -0.39 is 29.1 Å². The number of aryl methyl sites for hydroxylation is 2. The molecular weight excluding hydrogens is 442 g/mol. The van der Waals surface area contributed by atoms with Gasteiger partial charge in [0.1, 0.15) is 17.6 Å². The Kier molecular flexibility index (Phi) is 5.42. The fourth-order valence-electron chi connectivity index (χ4n) is 6.27. The Morgan fingerprint density at radius 3 is 2.29 bits per heavy atom. The first-order valence-electron chi connectivity index (χ1n) is 11.8. The first-order chi connectivity index (χ1) is 16.7. The number of methoxy groups -OCH3 is 1. The summed E-state index contributed by atoms with van der Waals surface area (Å²) >= 11 is 0. The lowest BCUT2D eigenvalue weighted by atomic mass is 9.70. The van der Waals surface area contributed by atoms with Crippen LogP contribution in [-0.2, 0) is 16.0 Å². The number of benzene rings is 3. The summed E-state index contributed by atoms with van der Waals surface area (Å²) in [5.41, 5.74) is 0.476. The molecule has 1 aliphatic carbocycles. The van der Waals surface area contributed by atoms with E-state index in [1.54, 1.807) is 21.2 Å². The zero-order valence-corrected chi connectivity index (χ0v) is 20.6. The summed E-state index contributed by atoms with van der Waals surface area (Å²) in [5.74, 6) is -0.687. The summed E-state index contributed by atoms with van der Waals surface area (Å²) in [5, 5.41) is 24.6. The third-order valence-corrected chi connectivity index (χ3v) is 7.63. The molecule has 0 aromatic heterocycles. The van der Waals surface area contributed by atoms with Crippen molar-refractivity contribution in [2.24, 2.45) is 5.92 Å². The van der Waals surface area contributed by atoms with Crippen molar-refractivity contribution >= 4 is 5.91 Å². The van der Waals surface area contributed by atoms with E-state index in [9.17, 15) is 15.0 Å². The minimum absolute atomic E-state index is 0.267. The van der Waals surface area contributed by atoms with Crippen LogP contribution in [0.3, 0.4) is 0 Å². The minimum Gasteiger partial charge on any atom is -0.497 e. The first-order valence-corrected chi connectivity index (χ1v) is 11.8. The molecule has 1 saturated carbocycles. The molecular formula is C29H31NO5.